The molecule has 2 heterocycles. The van der Waals surface area contributed by atoms with Crippen molar-refractivity contribution in [3.05, 3.63) is 65.0 Å². The number of hydrogen-bond acceptors (Lipinski definition) is 2. The molecule has 0 atom stereocenters. The number of aromatic nitrogens is 1. The van der Waals surface area contributed by atoms with Gasteiger partial charge >= 0.3 is 6.03 Å². The maximum atomic E-state index is 12.5. The fourth-order valence-corrected chi connectivity index (χ4v) is 2.81. The molecule has 0 fully saturated rings. The highest BCUT2D eigenvalue weighted by Gasteiger charge is 2.19. The standard InChI is InChI=1S/C18H17ClFN3O/c19-16-2-1-9-21-17(16)14-7-10-23(11-8-14)18(24)22-15-5-3-13(12-20)4-6-15/h1-7,9H,8,10-12H2,(H,22,24). The van der Waals surface area contributed by atoms with Gasteiger partial charge in [-0.3, -0.25) is 4.98 Å². The fraction of sp³-hybridized carbons (Fsp3) is 0.222. The zero-order valence-electron chi connectivity index (χ0n) is 13.0. The summed E-state index contributed by atoms with van der Waals surface area (Å²) in [6.07, 6.45) is 4.39. The number of halogens is 2. The Bertz CT molecular complexity index is 761. The second-order valence-corrected chi connectivity index (χ2v) is 5.93. The van der Waals surface area contributed by atoms with Crippen molar-refractivity contribution in [1.82, 2.24) is 9.88 Å². The number of rotatable bonds is 3. The first-order valence-corrected chi connectivity index (χ1v) is 8.06. The van der Waals surface area contributed by atoms with Gasteiger partial charge in [-0.25, -0.2) is 9.18 Å². The number of anilines is 1. The molecule has 1 aliphatic rings. The Morgan fingerprint density at radius 1 is 1.29 bits per heavy atom. The van der Waals surface area contributed by atoms with Crippen LogP contribution >= 0.6 is 11.6 Å². The van der Waals surface area contributed by atoms with Gasteiger partial charge in [-0.15, -0.1) is 0 Å². The highest BCUT2D eigenvalue weighted by atomic mass is 35.5. The summed E-state index contributed by atoms with van der Waals surface area (Å²) in [7, 11) is 0. The second kappa shape index (κ2) is 7.45. The number of carbonyl (C=O) groups is 1. The van der Waals surface area contributed by atoms with Crippen molar-refractivity contribution in [2.75, 3.05) is 18.4 Å². The van der Waals surface area contributed by atoms with Gasteiger partial charge in [0.05, 0.1) is 10.7 Å². The van der Waals surface area contributed by atoms with E-state index in [0.717, 1.165) is 11.3 Å². The average molecular weight is 346 g/mol. The minimum atomic E-state index is -0.510. The second-order valence-electron chi connectivity index (χ2n) is 5.52. The summed E-state index contributed by atoms with van der Waals surface area (Å²) in [6, 6.07) is 10.1. The normalized spacial score (nSPS) is 14.2. The van der Waals surface area contributed by atoms with Crippen LogP contribution in [-0.2, 0) is 6.67 Å². The third-order valence-electron chi connectivity index (χ3n) is 3.92. The number of amides is 2. The highest BCUT2D eigenvalue weighted by molar-refractivity contribution is 6.32. The smallest absolute Gasteiger partial charge is 0.320 e. The topological polar surface area (TPSA) is 45.2 Å². The number of nitrogens with one attached hydrogen (secondary N) is 1. The van der Waals surface area contributed by atoms with Crippen molar-refractivity contribution in [2.45, 2.75) is 13.1 Å². The zero-order valence-corrected chi connectivity index (χ0v) is 13.8. The van der Waals surface area contributed by atoms with Gasteiger partial charge in [-0.2, -0.15) is 0 Å². The van der Waals surface area contributed by atoms with Gasteiger partial charge in [0.2, 0.25) is 0 Å². The van der Waals surface area contributed by atoms with Crippen molar-refractivity contribution in [3.63, 3.8) is 0 Å². The van der Waals surface area contributed by atoms with Crippen LogP contribution in [0.4, 0.5) is 14.9 Å². The lowest BCUT2D eigenvalue weighted by Crippen LogP contribution is -2.37. The van der Waals surface area contributed by atoms with Gasteiger partial charge in [0, 0.05) is 25.0 Å². The molecule has 1 aromatic carbocycles. The predicted octanol–water partition coefficient (Wildman–Crippen LogP) is 4.53. The first-order chi connectivity index (χ1) is 11.7. The first kappa shape index (κ1) is 16.5. The van der Waals surface area contributed by atoms with Gasteiger partial charge in [-0.1, -0.05) is 29.8 Å². The van der Waals surface area contributed by atoms with Crippen LogP contribution in [0.5, 0.6) is 0 Å². The van der Waals surface area contributed by atoms with Crippen molar-refractivity contribution < 1.29 is 9.18 Å². The molecule has 4 nitrogen and oxygen atoms in total. The molecule has 0 aliphatic carbocycles. The molecule has 2 amide bonds. The molecule has 24 heavy (non-hydrogen) atoms. The van der Waals surface area contributed by atoms with E-state index in [1.165, 1.54) is 0 Å². The first-order valence-electron chi connectivity index (χ1n) is 7.68. The summed E-state index contributed by atoms with van der Waals surface area (Å²) in [4.78, 5) is 18.3. The van der Waals surface area contributed by atoms with Crippen LogP contribution in [0.1, 0.15) is 17.7 Å². The minimum Gasteiger partial charge on any atom is -0.320 e. The van der Waals surface area contributed by atoms with E-state index in [1.54, 1.807) is 41.4 Å². The lowest BCUT2D eigenvalue weighted by molar-refractivity contribution is 0.217. The highest BCUT2D eigenvalue weighted by Crippen LogP contribution is 2.26. The van der Waals surface area contributed by atoms with E-state index in [1.807, 2.05) is 12.1 Å². The number of hydrogen-bond donors (Lipinski definition) is 1. The van der Waals surface area contributed by atoms with Crippen molar-refractivity contribution >= 4 is 28.9 Å². The predicted molar refractivity (Wildman–Crippen MR) is 93.7 cm³/mol. The molecule has 2 aromatic rings. The molecule has 0 bridgehead atoms. The van der Waals surface area contributed by atoms with E-state index in [9.17, 15) is 9.18 Å². The maximum Gasteiger partial charge on any atom is 0.322 e. The molecule has 124 valence electrons. The van der Waals surface area contributed by atoms with Crippen molar-refractivity contribution in [3.8, 4) is 0 Å². The van der Waals surface area contributed by atoms with Crippen molar-refractivity contribution in [2.24, 2.45) is 0 Å². The quantitative estimate of drug-likeness (QED) is 0.888. The zero-order chi connectivity index (χ0) is 16.9. The number of carbonyl (C=O) groups excluding carboxylic acids is 1. The molecule has 3 rings (SSSR count). The van der Waals surface area contributed by atoms with Crippen LogP contribution in [0.2, 0.25) is 5.02 Å². The minimum absolute atomic E-state index is 0.176. The number of nitrogens with zero attached hydrogens (tertiary/aromatic N) is 2. The third-order valence-corrected chi connectivity index (χ3v) is 4.22. The summed E-state index contributed by atoms with van der Waals surface area (Å²) in [5.41, 5.74) is 3.07. The van der Waals surface area contributed by atoms with E-state index >= 15 is 0 Å². The summed E-state index contributed by atoms with van der Waals surface area (Å²) in [6.45, 7) is 0.577. The molecule has 1 N–H and O–H groups in total. The van der Waals surface area contributed by atoms with Gasteiger partial charge in [0.25, 0.3) is 0 Å². The Balaban J connectivity index is 1.63. The Labute approximate surface area is 145 Å². The van der Waals surface area contributed by atoms with Gasteiger partial charge in [0.1, 0.15) is 6.67 Å². The molecule has 1 aromatic heterocycles. The Hall–Kier alpha value is -2.40. The SMILES string of the molecule is O=C(Nc1ccc(CF)cc1)N1CC=C(c2ncccc2Cl)CC1. The summed E-state index contributed by atoms with van der Waals surface area (Å²) in [5.74, 6) is 0. The summed E-state index contributed by atoms with van der Waals surface area (Å²) in [5, 5.41) is 3.44. The Kier molecular flexibility index (Phi) is 5.11. The van der Waals surface area contributed by atoms with Crippen LogP contribution in [0.25, 0.3) is 5.57 Å². The third kappa shape index (κ3) is 3.74. The van der Waals surface area contributed by atoms with E-state index < -0.39 is 6.67 Å². The molecule has 0 saturated heterocycles. The van der Waals surface area contributed by atoms with Crippen molar-refractivity contribution in [1.29, 1.82) is 0 Å². The summed E-state index contributed by atoms with van der Waals surface area (Å²) < 4.78 is 12.5. The fourth-order valence-electron chi connectivity index (χ4n) is 2.57. The van der Waals surface area contributed by atoms with Gasteiger partial charge in [-0.05, 0) is 41.8 Å². The summed E-state index contributed by atoms with van der Waals surface area (Å²) >= 11 is 6.17. The lowest BCUT2D eigenvalue weighted by Gasteiger charge is -2.26. The van der Waals surface area contributed by atoms with E-state index in [-0.39, 0.29) is 6.03 Å². The van der Waals surface area contributed by atoms with E-state index in [2.05, 4.69) is 10.3 Å². The molecular formula is C18H17ClFN3O. The lowest BCUT2D eigenvalue weighted by atomic mass is 10.0. The molecule has 0 radical (unpaired) electrons. The molecular weight excluding hydrogens is 329 g/mol. The maximum absolute atomic E-state index is 12.5. The Morgan fingerprint density at radius 2 is 2.08 bits per heavy atom. The van der Waals surface area contributed by atoms with E-state index in [4.69, 9.17) is 11.6 Å². The molecule has 0 saturated carbocycles. The van der Waals surface area contributed by atoms with Crippen LogP contribution < -0.4 is 5.32 Å². The number of urea groups is 1. The number of pyridine rings is 1. The molecule has 1 aliphatic heterocycles. The van der Waals surface area contributed by atoms with Crippen LogP contribution in [0.15, 0.2) is 48.7 Å². The van der Waals surface area contributed by atoms with E-state index in [0.29, 0.717) is 35.8 Å². The van der Waals surface area contributed by atoms with Gasteiger partial charge in [0.15, 0.2) is 0 Å². The Morgan fingerprint density at radius 3 is 2.71 bits per heavy atom. The molecule has 0 spiro atoms. The monoisotopic (exact) mass is 345 g/mol. The number of alkyl halides is 1. The van der Waals surface area contributed by atoms with Crippen LogP contribution in [0.3, 0.4) is 0 Å². The molecule has 0 unspecified atom stereocenters. The largest absolute Gasteiger partial charge is 0.322 e. The number of benzene rings is 1. The van der Waals surface area contributed by atoms with Crippen LogP contribution in [0, 0.1) is 0 Å². The average Bonchev–Trinajstić information content (AvgIpc) is 2.63. The van der Waals surface area contributed by atoms with Crippen LogP contribution in [-0.4, -0.2) is 29.0 Å². The molecule has 6 heteroatoms. The van der Waals surface area contributed by atoms with Gasteiger partial charge < -0.3 is 10.2 Å².